The molecule has 1 atom stereocenters. The summed E-state index contributed by atoms with van der Waals surface area (Å²) in [5, 5.41) is 11.3. The van der Waals surface area contributed by atoms with E-state index in [0.29, 0.717) is 38.8 Å². The zero-order valence-electron chi connectivity index (χ0n) is 20.3. The average Bonchev–Trinajstić information content (AvgIpc) is 2.89. The fourth-order valence-corrected chi connectivity index (χ4v) is 5.23. The summed E-state index contributed by atoms with van der Waals surface area (Å²) in [5.74, 6) is 1.31. The van der Waals surface area contributed by atoms with Crippen LogP contribution in [0.2, 0.25) is 0 Å². The van der Waals surface area contributed by atoms with Crippen LogP contribution >= 0.6 is 0 Å². The first-order valence-corrected chi connectivity index (χ1v) is 12.5. The van der Waals surface area contributed by atoms with Gasteiger partial charge in [-0.25, -0.2) is 4.99 Å². The Labute approximate surface area is 207 Å². The molecule has 3 aliphatic heterocycles. The highest BCUT2D eigenvalue weighted by Crippen LogP contribution is 2.33. The zero-order chi connectivity index (χ0) is 24.3. The number of benzene rings is 2. The smallest absolute Gasteiger partial charge is 0.223 e. The highest BCUT2D eigenvalue weighted by Gasteiger charge is 2.36. The molecule has 0 radical (unpaired) electrons. The standard InChI is InChI=1S/C30H33N3O2/c1-23(25-9-4-2-5-10-25)19-28(34)32-17-14-30(35,15-18-32)20-24-21-31-29-27(13-8-16-33(29)22-24)26-11-6-3-7-12-26/h2-13,16,21,23,35H,14-15,17-20,22H2,1H3/t23-/m1/s1. The first-order chi connectivity index (χ1) is 17.0. The van der Waals surface area contributed by atoms with Crippen molar-refractivity contribution < 1.29 is 9.90 Å². The molecule has 0 spiro atoms. The van der Waals surface area contributed by atoms with Crippen molar-refractivity contribution >= 4 is 17.3 Å². The normalized spacial score (nSPS) is 19.9. The maximum absolute atomic E-state index is 12.9. The highest BCUT2D eigenvalue weighted by atomic mass is 16.3. The lowest BCUT2D eigenvalue weighted by atomic mass is 9.84. The molecule has 2 aromatic rings. The van der Waals surface area contributed by atoms with E-state index in [1.807, 2.05) is 47.5 Å². The molecule has 0 unspecified atom stereocenters. The summed E-state index contributed by atoms with van der Waals surface area (Å²) < 4.78 is 0. The van der Waals surface area contributed by atoms with Crippen molar-refractivity contribution in [2.75, 3.05) is 19.6 Å². The molecule has 0 saturated carbocycles. The number of hydrogen-bond donors (Lipinski definition) is 1. The van der Waals surface area contributed by atoms with E-state index in [9.17, 15) is 9.90 Å². The number of likely N-dealkylation sites (tertiary alicyclic amines) is 1. The van der Waals surface area contributed by atoms with E-state index in [1.165, 1.54) is 5.56 Å². The number of hydrogen-bond acceptors (Lipinski definition) is 4. The quantitative estimate of drug-likeness (QED) is 0.641. The molecule has 2 aromatic carbocycles. The van der Waals surface area contributed by atoms with Crippen molar-refractivity contribution in [1.29, 1.82) is 0 Å². The fraction of sp³-hybridized carbons (Fsp3) is 0.333. The maximum Gasteiger partial charge on any atom is 0.223 e. The zero-order valence-corrected chi connectivity index (χ0v) is 20.3. The lowest BCUT2D eigenvalue weighted by Crippen LogP contribution is -2.47. The number of rotatable bonds is 6. The van der Waals surface area contributed by atoms with Crippen molar-refractivity contribution in [3.8, 4) is 0 Å². The van der Waals surface area contributed by atoms with Gasteiger partial charge in [0.15, 0.2) is 0 Å². The summed E-state index contributed by atoms with van der Waals surface area (Å²) in [6.45, 7) is 4.02. The molecule has 5 heteroatoms. The Morgan fingerprint density at radius 3 is 2.46 bits per heavy atom. The van der Waals surface area contributed by atoms with E-state index < -0.39 is 5.60 Å². The number of fused-ring (bicyclic) bond motifs is 1. The van der Waals surface area contributed by atoms with Crippen molar-refractivity contribution in [3.05, 3.63) is 102 Å². The fourth-order valence-electron chi connectivity index (χ4n) is 5.23. The van der Waals surface area contributed by atoms with Crippen molar-refractivity contribution in [1.82, 2.24) is 9.80 Å². The van der Waals surface area contributed by atoms with Crippen LogP contribution in [-0.4, -0.2) is 51.9 Å². The third-order valence-electron chi connectivity index (χ3n) is 7.32. The Balaban J connectivity index is 1.19. The maximum atomic E-state index is 12.9. The number of carbonyl (C=O) groups is 1. The van der Waals surface area contributed by atoms with Gasteiger partial charge in [0.05, 0.1) is 5.60 Å². The number of aliphatic hydroxyl groups is 1. The number of nitrogens with zero attached hydrogens (tertiary/aromatic N) is 3. The van der Waals surface area contributed by atoms with Gasteiger partial charge in [-0.1, -0.05) is 67.6 Å². The number of amides is 1. The van der Waals surface area contributed by atoms with Crippen LogP contribution < -0.4 is 0 Å². The SMILES string of the molecule is C[C@H](CC(=O)N1CCC(O)(CC2=CN=C3C(c4ccccc4)=CC=CN3C2)CC1)c1ccccc1. The summed E-state index contributed by atoms with van der Waals surface area (Å²) >= 11 is 0. The second kappa shape index (κ2) is 10.0. The number of allylic oxidation sites excluding steroid dienone is 2. The Morgan fingerprint density at radius 1 is 1.06 bits per heavy atom. The lowest BCUT2D eigenvalue weighted by Gasteiger charge is -2.40. The number of amidine groups is 1. The summed E-state index contributed by atoms with van der Waals surface area (Å²) in [4.78, 5) is 21.7. The van der Waals surface area contributed by atoms with Crippen LogP contribution in [0, 0.1) is 0 Å². The van der Waals surface area contributed by atoms with E-state index in [-0.39, 0.29) is 11.8 Å². The van der Waals surface area contributed by atoms with Crippen LogP contribution in [0.25, 0.3) is 5.57 Å². The molecule has 0 aliphatic carbocycles. The summed E-state index contributed by atoms with van der Waals surface area (Å²) in [6, 6.07) is 20.5. The van der Waals surface area contributed by atoms with E-state index in [4.69, 9.17) is 4.99 Å². The van der Waals surface area contributed by atoms with Crippen molar-refractivity contribution in [3.63, 3.8) is 0 Å². The lowest BCUT2D eigenvalue weighted by molar-refractivity contribution is -0.135. The first-order valence-electron chi connectivity index (χ1n) is 12.5. The molecule has 0 aromatic heterocycles. The molecule has 1 N–H and O–H groups in total. The minimum atomic E-state index is -0.793. The monoisotopic (exact) mass is 467 g/mol. The van der Waals surface area contributed by atoms with E-state index in [2.05, 4.69) is 54.4 Å². The van der Waals surface area contributed by atoms with Crippen LogP contribution in [-0.2, 0) is 4.79 Å². The Bertz CT molecular complexity index is 1170. The van der Waals surface area contributed by atoms with Gasteiger partial charge in [-0.2, -0.15) is 0 Å². The van der Waals surface area contributed by atoms with E-state index in [1.54, 1.807) is 0 Å². The van der Waals surface area contributed by atoms with Crippen molar-refractivity contribution in [2.24, 2.45) is 4.99 Å². The number of piperidine rings is 1. The van der Waals surface area contributed by atoms with Crippen LogP contribution in [0.15, 0.2) is 95.8 Å². The van der Waals surface area contributed by atoms with Gasteiger partial charge in [-0.05, 0) is 47.6 Å². The Kier molecular flexibility index (Phi) is 6.69. The Morgan fingerprint density at radius 2 is 1.74 bits per heavy atom. The predicted octanol–water partition coefficient (Wildman–Crippen LogP) is 5.13. The molecule has 180 valence electrons. The summed E-state index contributed by atoms with van der Waals surface area (Å²) in [7, 11) is 0. The van der Waals surface area contributed by atoms with Gasteiger partial charge in [0, 0.05) is 50.4 Å². The second-order valence-electron chi connectivity index (χ2n) is 9.95. The molecule has 5 nitrogen and oxygen atoms in total. The van der Waals surface area contributed by atoms with E-state index in [0.717, 1.165) is 29.1 Å². The Hall–Kier alpha value is -3.44. The average molecular weight is 468 g/mol. The molecule has 1 fully saturated rings. The van der Waals surface area contributed by atoms with E-state index >= 15 is 0 Å². The topological polar surface area (TPSA) is 56.1 Å². The molecular formula is C30H33N3O2. The molecule has 0 bridgehead atoms. The molecular weight excluding hydrogens is 434 g/mol. The molecule has 35 heavy (non-hydrogen) atoms. The van der Waals surface area contributed by atoms with Gasteiger partial charge in [0.2, 0.25) is 5.91 Å². The van der Waals surface area contributed by atoms with Gasteiger partial charge >= 0.3 is 0 Å². The first kappa shape index (κ1) is 23.3. The second-order valence-corrected chi connectivity index (χ2v) is 9.95. The van der Waals surface area contributed by atoms with Crippen LogP contribution in [0.5, 0.6) is 0 Å². The molecule has 3 heterocycles. The summed E-state index contributed by atoms with van der Waals surface area (Å²) in [5.41, 5.74) is 3.77. The summed E-state index contributed by atoms with van der Waals surface area (Å²) in [6.07, 6.45) is 10.4. The molecule has 5 rings (SSSR count). The minimum absolute atomic E-state index is 0.174. The van der Waals surface area contributed by atoms with Crippen LogP contribution in [0.3, 0.4) is 0 Å². The third-order valence-corrected chi connectivity index (χ3v) is 7.32. The van der Waals surface area contributed by atoms with Crippen LogP contribution in [0.1, 0.15) is 49.7 Å². The predicted molar refractivity (Wildman–Crippen MR) is 141 cm³/mol. The van der Waals surface area contributed by atoms with Gasteiger partial charge in [0.1, 0.15) is 5.84 Å². The largest absolute Gasteiger partial charge is 0.389 e. The van der Waals surface area contributed by atoms with Gasteiger partial charge in [-0.15, -0.1) is 0 Å². The molecule has 3 aliphatic rings. The van der Waals surface area contributed by atoms with Gasteiger partial charge in [0.25, 0.3) is 0 Å². The number of carbonyl (C=O) groups excluding carboxylic acids is 1. The van der Waals surface area contributed by atoms with Gasteiger partial charge < -0.3 is 14.9 Å². The van der Waals surface area contributed by atoms with Crippen LogP contribution in [0.4, 0.5) is 0 Å². The van der Waals surface area contributed by atoms with Gasteiger partial charge in [-0.3, -0.25) is 4.79 Å². The minimum Gasteiger partial charge on any atom is -0.389 e. The highest BCUT2D eigenvalue weighted by molar-refractivity contribution is 6.24. The molecule has 1 saturated heterocycles. The van der Waals surface area contributed by atoms with Crippen molar-refractivity contribution in [2.45, 2.75) is 44.1 Å². The molecule has 1 amide bonds. The third kappa shape index (κ3) is 5.30. The number of aliphatic imine (C=N–C) groups is 1.